The normalized spacial score (nSPS) is 18.0. The van der Waals surface area contributed by atoms with Gasteiger partial charge < -0.3 is 5.11 Å². The van der Waals surface area contributed by atoms with Gasteiger partial charge in [-0.05, 0) is 0 Å². The summed E-state index contributed by atoms with van der Waals surface area (Å²) in [5.74, 6) is -70.1. The molecule has 0 bridgehead atoms. The average Bonchev–Trinajstić information content (AvgIpc) is 2.51. The van der Waals surface area contributed by atoms with Crippen molar-refractivity contribution in [3.63, 3.8) is 0 Å². The van der Waals surface area contributed by atoms with Crippen LogP contribution in [-0.4, -0.2) is 64.8 Å². The molecule has 0 aliphatic carbocycles. The lowest BCUT2D eigenvalue weighted by Crippen LogP contribution is -2.77. The van der Waals surface area contributed by atoms with Crippen LogP contribution in [-0.2, 0) is 0 Å². The second-order valence-corrected chi connectivity index (χ2v) is 5.64. The van der Waals surface area contributed by atoms with Crippen molar-refractivity contribution in [3.8, 4) is 0 Å². The van der Waals surface area contributed by atoms with E-state index in [1.165, 1.54) is 0 Å². The molecule has 33 heavy (non-hydrogen) atoms. The van der Waals surface area contributed by atoms with Crippen LogP contribution in [0.25, 0.3) is 0 Å². The molecule has 0 rings (SSSR count). The first-order valence-electron chi connectivity index (χ1n) is 6.44. The predicted molar refractivity (Wildman–Crippen MR) is 55.3 cm³/mol. The molecule has 0 fully saturated rings. The molecule has 1 unspecified atom stereocenters. The quantitative estimate of drug-likeness (QED) is 0.362. The highest BCUT2D eigenvalue weighted by Crippen LogP contribution is 2.65. The monoisotopic (exact) mass is 556 g/mol. The van der Waals surface area contributed by atoms with Gasteiger partial charge in [0.25, 0.3) is 0 Å². The number of alkyl halides is 21. The number of hydrogen-bond donors (Lipinski definition) is 1. The molecule has 0 saturated heterocycles. The third-order valence-corrected chi connectivity index (χ3v) is 3.52. The summed E-state index contributed by atoms with van der Waals surface area (Å²) in [5.41, 5.74) is 0. The van der Waals surface area contributed by atoms with Gasteiger partial charge in [0.15, 0.2) is 0 Å². The molecule has 0 aromatic heterocycles. The van der Waals surface area contributed by atoms with E-state index in [1.54, 1.807) is 0 Å². The summed E-state index contributed by atoms with van der Waals surface area (Å²) in [5, 5.41) is 7.98. The maximum Gasteiger partial charge on any atom is 0.460 e. The van der Waals surface area contributed by atoms with Crippen LogP contribution in [0.2, 0.25) is 0 Å². The standard InChI is InChI=1S/C10HF21O.FH/c11-1(12,3(15,16)6(21,22)9(26,27)28)2(13,14)4(17,18)8(25,32)5(19,20)7(23,24)10(29,30)31;/h32H;1H. The van der Waals surface area contributed by atoms with E-state index in [0.29, 0.717) is 0 Å². The first-order valence-corrected chi connectivity index (χ1v) is 6.44. The Morgan fingerprint density at radius 1 is 0.273 bits per heavy atom. The minimum Gasteiger partial charge on any atom is -0.352 e. The van der Waals surface area contributed by atoms with Gasteiger partial charge in [-0.25, -0.2) is 0 Å². The van der Waals surface area contributed by atoms with Crippen molar-refractivity contribution < 1.29 is 102 Å². The molecule has 0 amide bonds. The molecule has 1 atom stereocenters. The molecule has 23 heteroatoms. The van der Waals surface area contributed by atoms with Crippen molar-refractivity contribution in [1.82, 2.24) is 0 Å². The van der Waals surface area contributed by atoms with Gasteiger partial charge in [-0.3, -0.25) is 4.70 Å². The molecule has 0 heterocycles. The molecule has 0 spiro atoms. The minimum atomic E-state index is -9.12. The summed E-state index contributed by atoms with van der Waals surface area (Å²) in [6, 6.07) is 0. The largest absolute Gasteiger partial charge is 0.460 e. The molecular weight excluding hydrogens is 554 g/mol. The Morgan fingerprint density at radius 2 is 0.424 bits per heavy atom. The molecule has 0 saturated carbocycles. The summed E-state index contributed by atoms with van der Waals surface area (Å²) in [6.45, 7) is 0. The molecule has 1 N–H and O–H groups in total. The van der Waals surface area contributed by atoms with Crippen LogP contribution < -0.4 is 0 Å². The van der Waals surface area contributed by atoms with Crippen molar-refractivity contribution in [2.24, 2.45) is 0 Å². The molecule has 0 radical (unpaired) electrons. The van der Waals surface area contributed by atoms with Gasteiger partial charge in [0.1, 0.15) is 0 Å². The Morgan fingerprint density at radius 3 is 0.667 bits per heavy atom. The van der Waals surface area contributed by atoms with E-state index in [-0.39, 0.29) is 4.70 Å². The van der Waals surface area contributed by atoms with Crippen LogP contribution in [0.1, 0.15) is 0 Å². The maximum absolute atomic E-state index is 13.2. The SMILES string of the molecule is F.OC(F)(C(F)(F)C(F)(F)C(F)(F)F)C(F)(F)C(F)(F)C(F)(F)C(F)(F)C(F)(F)C(F)(F)F. The lowest BCUT2D eigenvalue weighted by atomic mass is 9.86. The van der Waals surface area contributed by atoms with Crippen LogP contribution >= 0.6 is 0 Å². The fourth-order valence-corrected chi connectivity index (χ4v) is 1.56. The summed E-state index contributed by atoms with van der Waals surface area (Å²) < 4.78 is 265. The first kappa shape index (κ1) is 33.6. The van der Waals surface area contributed by atoms with Crippen molar-refractivity contribution in [2.45, 2.75) is 59.7 Å². The van der Waals surface area contributed by atoms with Gasteiger partial charge in [-0.15, -0.1) is 0 Å². The Labute approximate surface area is 163 Å². The molecule has 0 aliphatic rings. The number of hydrogen-bond acceptors (Lipinski definition) is 1. The summed E-state index contributed by atoms with van der Waals surface area (Å²) in [6.07, 6.45) is -15.9. The highest BCUT2D eigenvalue weighted by atomic mass is 19.4. The van der Waals surface area contributed by atoms with Crippen molar-refractivity contribution in [1.29, 1.82) is 0 Å². The highest BCUT2D eigenvalue weighted by Gasteiger charge is 2.97. The Bertz CT molecular complexity index is 633. The summed E-state index contributed by atoms with van der Waals surface area (Å²) in [4.78, 5) is 0. The van der Waals surface area contributed by atoms with Crippen LogP contribution in [0.4, 0.5) is 96.9 Å². The van der Waals surface area contributed by atoms with Gasteiger partial charge in [-0.1, -0.05) is 0 Å². The zero-order valence-corrected chi connectivity index (χ0v) is 13.8. The van der Waals surface area contributed by atoms with Crippen molar-refractivity contribution >= 4 is 0 Å². The van der Waals surface area contributed by atoms with Crippen LogP contribution in [0.5, 0.6) is 0 Å². The van der Waals surface area contributed by atoms with Gasteiger partial charge in [0.2, 0.25) is 0 Å². The first-order chi connectivity index (χ1) is 13.2. The van der Waals surface area contributed by atoms with E-state index >= 15 is 0 Å². The number of rotatable bonds is 7. The van der Waals surface area contributed by atoms with Crippen molar-refractivity contribution in [3.05, 3.63) is 0 Å². The van der Waals surface area contributed by atoms with Crippen LogP contribution in [0.15, 0.2) is 0 Å². The maximum atomic E-state index is 13.2. The molecule has 1 nitrogen and oxygen atoms in total. The van der Waals surface area contributed by atoms with Crippen LogP contribution in [0, 0.1) is 0 Å². The van der Waals surface area contributed by atoms with E-state index in [9.17, 15) is 92.2 Å². The van der Waals surface area contributed by atoms with Gasteiger partial charge in [0, 0.05) is 0 Å². The zero-order valence-electron chi connectivity index (χ0n) is 13.8. The fourth-order valence-electron chi connectivity index (χ4n) is 1.56. The van der Waals surface area contributed by atoms with Gasteiger partial charge >= 0.3 is 59.7 Å². The summed E-state index contributed by atoms with van der Waals surface area (Å²) in [7, 11) is 0. The van der Waals surface area contributed by atoms with E-state index < -0.39 is 59.7 Å². The smallest absolute Gasteiger partial charge is 0.352 e. The molecule has 202 valence electrons. The fraction of sp³-hybridized carbons (Fsp3) is 1.00. The Balaban J connectivity index is 0. The molecular formula is C10H2F22O. The van der Waals surface area contributed by atoms with E-state index in [4.69, 9.17) is 5.11 Å². The van der Waals surface area contributed by atoms with E-state index in [1.807, 2.05) is 0 Å². The number of aliphatic hydroxyl groups is 1. The second kappa shape index (κ2) is 7.71. The topological polar surface area (TPSA) is 20.2 Å². The third kappa shape index (κ3) is 3.90. The number of halogens is 22. The van der Waals surface area contributed by atoms with E-state index in [0.717, 1.165) is 0 Å². The van der Waals surface area contributed by atoms with Crippen LogP contribution in [0.3, 0.4) is 0 Å². The van der Waals surface area contributed by atoms with Crippen molar-refractivity contribution in [2.75, 3.05) is 0 Å². The Hall–Kier alpha value is -1.58. The second-order valence-electron chi connectivity index (χ2n) is 5.64. The predicted octanol–water partition coefficient (Wildman–Crippen LogP) is 6.37. The lowest BCUT2D eigenvalue weighted by Gasteiger charge is -2.44. The molecule has 0 aromatic carbocycles. The Kier molecular flexibility index (Phi) is 7.85. The van der Waals surface area contributed by atoms with Gasteiger partial charge in [0.05, 0.1) is 0 Å². The van der Waals surface area contributed by atoms with E-state index in [2.05, 4.69) is 0 Å². The third-order valence-electron chi connectivity index (χ3n) is 3.52. The highest BCUT2D eigenvalue weighted by molar-refractivity contribution is 5.17. The summed E-state index contributed by atoms with van der Waals surface area (Å²) >= 11 is 0. The molecule has 0 aromatic rings. The molecule has 0 aliphatic heterocycles. The zero-order chi connectivity index (χ0) is 27.0. The lowest BCUT2D eigenvalue weighted by molar-refractivity contribution is -0.489. The minimum absolute atomic E-state index is 0. The van der Waals surface area contributed by atoms with Gasteiger partial charge in [-0.2, -0.15) is 92.2 Å². The average molecular weight is 556 g/mol.